The van der Waals surface area contributed by atoms with Crippen LogP contribution in [0.3, 0.4) is 0 Å². The molecule has 1 aromatic rings. The lowest BCUT2D eigenvalue weighted by Gasteiger charge is -2.17. The van der Waals surface area contributed by atoms with Crippen molar-refractivity contribution in [2.24, 2.45) is 5.41 Å². The van der Waals surface area contributed by atoms with Gasteiger partial charge in [-0.15, -0.1) is 0 Å². The first-order chi connectivity index (χ1) is 7.34. The summed E-state index contributed by atoms with van der Waals surface area (Å²) in [5.74, 6) is 0.670. The number of hydrogen-bond acceptors (Lipinski definition) is 4. The highest BCUT2D eigenvalue weighted by atomic mass is 16.5. The topological polar surface area (TPSA) is 77.2 Å². The quantitative estimate of drug-likeness (QED) is 0.799. The first kappa shape index (κ1) is 12.3. The Morgan fingerprint density at radius 2 is 2.12 bits per heavy atom. The lowest BCUT2D eigenvalue weighted by Crippen LogP contribution is -2.27. The van der Waals surface area contributed by atoms with Gasteiger partial charge in [0.25, 0.3) is 0 Å². The Hall–Kier alpha value is -1.78. The normalized spacial score (nSPS) is 11.0. The van der Waals surface area contributed by atoms with Gasteiger partial charge in [-0.05, 0) is 0 Å². The SMILES string of the molecule is COc1cc(NC(=O)C(C)(C)C)cnc1N. The van der Waals surface area contributed by atoms with Gasteiger partial charge in [-0.3, -0.25) is 4.79 Å². The number of rotatable bonds is 2. The smallest absolute Gasteiger partial charge is 0.229 e. The molecule has 1 heterocycles. The molecule has 0 atom stereocenters. The number of nitrogens with one attached hydrogen (secondary N) is 1. The molecule has 0 saturated carbocycles. The van der Waals surface area contributed by atoms with E-state index >= 15 is 0 Å². The molecule has 0 aromatic carbocycles. The summed E-state index contributed by atoms with van der Waals surface area (Å²) in [5.41, 5.74) is 5.69. The number of aromatic nitrogens is 1. The van der Waals surface area contributed by atoms with E-state index in [4.69, 9.17) is 10.5 Å². The van der Waals surface area contributed by atoms with E-state index in [0.717, 1.165) is 0 Å². The fraction of sp³-hybridized carbons (Fsp3) is 0.455. The number of carbonyl (C=O) groups excluding carboxylic acids is 1. The average Bonchev–Trinajstić information content (AvgIpc) is 2.19. The molecule has 88 valence electrons. The number of carbonyl (C=O) groups is 1. The Balaban J connectivity index is 2.87. The van der Waals surface area contributed by atoms with Crippen LogP contribution in [0.4, 0.5) is 11.5 Å². The van der Waals surface area contributed by atoms with Crippen LogP contribution < -0.4 is 15.8 Å². The zero-order valence-electron chi connectivity index (χ0n) is 10.00. The maximum atomic E-state index is 11.7. The van der Waals surface area contributed by atoms with Gasteiger partial charge in [-0.25, -0.2) is 4.98 Å². The van der Waals surface area contributed by atoms with E-state index in [-0.39, 0.29) is 5.91 Å². The lowest BCUT2D eigenvalue weighted by atomic mass is 9.95. The third-order valence-corrected chi connectivity index (χ3v) is 2.04. The van der Waals surface area contributed by atoms with Gasteiger partial charge in [0.1, 0.15) is 0 Å². The molecule has 16 heavy (non-hydrogen) atoms. The van der Waals surface area contributed by atoms with Crippen LogP contribution in [0.2, 0.25) is 0 Å². The van der Waals surface area contributed by atoms with Crippen molar-refractivity contribution in [2.75, 3.05) is 18.2 Å². The molecule has 0 bridgehead atoms. The largest absolute Gasteiger partial charge is 0.493 e. The van der Waals surface area contributed by atoms with Gasteiger partial charge in [0.05, 0.1) is 19.0 Å². The number of anilines is 2. The summed E-state index contributed by atoms with van der Waals surface area (Å²) in [7, 11) is 1.50. The zero-order valence-corrected chi connectivity index (χ0v) is 10.00. The van der Waals surface area contributed by atoms with E-state index in [1.807, 2.05) is 20.8 Å². The number of ether oxygens (including phenoxy) is 1. The molecule has 0 unspecified atom stereocenters. The van der Waals surface area contributed by atoms with Gasteiger partial charge in [0, 0.05) is 11.5 Å². The maximum Gasteiger partial charge on any atom is 0.229 e. The predicted octanol–water partition coefficient (Wildman–Crippen LogP) is 1.66. The number of methoxy groups -OCH3 is 1. The molecule has 0 radical (unpaired) electrons. The fourth-order valence-electron chi connectivity index (χ4n) is 1.01. The highest BCUT2D eigenvalue weighted by Crippen LogP contribution is 2.23. The zero-order chi connectivity index (χ0) is 12.3. The summed E-state index contributed by atoms with van der Waals surface area (Å²) in [5, 5.41) is 2.75. The summed E-state index contributed by atoms with van der Waals surface area (Å²) >= 11 is 0. The Morgan fingerprint density at radius 1 is 1.50 bits per heavy atom. The molecule has 5 heteroatoms. The Morgan fingerprint density at radius 3 is 2.62 bits per heavy atom. The number of amides is 1. The van der Waals surface area contributed by atoms with Crippen LogP contribution in [0.1, 0.15) is 20.8 Å². The molecule has 1 amide bonds. The van der Waals surface area contributed by atoms with Crippen LogP contribution >= 0.6 is 0 Å². The van der Waals surface area contributed by atoms with Crippen molar-refractivity contribution < 1.29 is 9.53 Å². The van der Waals surface area contributed by atoms with Gasteiger partial charge in [-0.1, -0.05) is 20.8 Å². The van der Waals surface area contributed by atoms with E-state index in [1.165, 1.54) is 13.3 Å². The van der Waals surface area contributed by atoms with Crippen molar-refractivity contribution in [1.82, 2.24) is 4.98 Å². The summed E-state index contributed by atoms with van der Waals surface area (Å²) in [6.45, 7) is 5.51. The highest BCUT2D eigenvalue weighted by Gasteiger charge is 2.21. The van der Waals surface area contributed by atoms with Crippen LogP contribution in [-0.2, 0) is 4.79 Å². The predicted molar refractivity (Wildman–Crippen MR) is 63.3 cm³/mol. The van der Waals surface area contributed by atoms with Crippen molar-refractivity contribution in [3.63, 3.8) is 0 Å². The summed E-state index contributed by atoms with van der Waals surface area (Å²) in [6, 6.07) is 1.64. The van der Waals surface area contributed by atoms with Crippen LogP contribution in [0.25, 0.3) is 0 Å². The van der Waals surface area contributed by atoms with Crippen LogP contribution in [-0.4, -0.2) is 18.0 Å². The minimum Gasteiger partial charge on any atom is -0.493 e. The highest BCUT2D eigenvalue weighted by molar-refractivity contribution is 5.94. The van der Waals surface area contributed by atoms with E-state index in [0.29, 0.717) is 17.3 Å². The maximum absolute atomic E-state index is 11.7. The van der Waals surface area contributed by atoms with Crippen LogP contribution in [0, 0.1) is 5.41 Å². The summed E-state index contributed by atoms with van der Waals surface area (Å²) in [6.07, 6.45) is 1.50. The van der Waals surface area contributed by atoms with E-state index in [2.05, 4.69) is 10.3 Å². The summed E-state index contributed by atoms with van der Waals surface area (Å²) in [4.78, 5) is 15.6. The molecule has 0 aliphatic carbocycles. The van der Waals surface area contributed by atoms with Gasteiger partial charge in [-0.2, -0.15) is 0 Å². The first-order valence-corrected chi connectivity index (χ1v) is 4.95. The fourth-order valence-corrected chi connectivity index (χ4v) is 1.01. The molecule has 1 aromatic heterocycles. The number of pyridine rings is 1. The van der Waals surface area contributed by atoms with E-state index in [9.17, 15) is 4.79 Å². The average molecular weight is 223 g/mol. The number of hydrogen-bond donors (Lipinski definition) is 2. The Labute approximate surface area is 95.0 Å². The molecule has 3 N–H and O–H groups in total. The molecule has 5 nitrogen and oxygen atoms in total. The van der Waals surface area contributed by atoms with Crippen LogP contribution in [0.5, 0.6) is 5.75 Å². The van der Waals surface area contributed by atoms with Crippen molar-refractivity contribution in [3.05, 3.63) is 12.3 Å². The first-order valence-electron chi connectivity index (χ1n) is 4.95. The van der Waals surface area contributed by atoms with Crippen molar-refractivity contribution in [1.29, 1.82) is 0 Å². The number of nitrogens with zero attached hydrogens (tertiary/aromatic N) is 1. The van der Waals surface area contributed by atoms with Gasteiger partial charge in [0.2, 0.25) is 5.91 Å². The molecule has 0 fully saturated rings. The molecule has 0 spiro atoms. The second-order valence-electron chi connectivity index (χ2n) is 4.52. The molecule has 0 aliphatic heterocycles. The van der Waals surface area contributed by atoms with Gasteiger partial charge in [0.15, 0.2) is 11.6 Å². The second-order valence-corrected chi connectivity index (χ2v) is 4.52. The number of nitrogens with two attached hydrogens (primary N) is 1. The van der Waals surface area contributed by atoms with Gasteiger partial charge < -0.3 is 15.8 Å². The minimum atomic E-state index is -0.450. The van der Waals surface area contributed by atoms with E-state index < -0.39 is 5.41 Å². The van der Waals surface area contributed by atoms with E-state index in [1.54, 1.807) is 6.07 Å². The molecular formula is C11H17N3O2. The van der Waals surface area contributed by atoms with Crippen molar-refractivity contribution in [3.8, 4) is 5.75 Å². The lowest BCUT2D eigenvalue weighted by molar-refractivity contribution is -0.123. The Bertz CT molecular complexity index is 397. The van der Waals surface area contributed by atoms with Gasteiger partial charge >= 0.3 is 0 Å². The third-order valence-electron chi connectivity index (χ3n) is 2.04. The molecule has 0 saturated heterocycles. The summed E-state index contributed by atoms with van der Waals surface area (Å²) < 4.78 is 5.01. The second kappa shape index (κ2) is 4.38. The minimum absolute atomic E-state index is 0.0823. The molecule has 0 aliphatic rings. The van der Waals surface area contributed by atoms with Crippen molar-refractivity contribution in [2.45, 2.75) is 20.8 Å². The molecular weight excluding hydrogens is 206 g/mol. The number of nitrogen functional groups attached to an aromatic ring is 1. The standard InChI is InChI=1S/C11H17N3O2/c1-11(2,3)10(15)14-7-5-8(16-4)9(12)13-6-7/h5-6H,1-4H3,(H2,12,13)(H,14,15). The Kier molecular flexibility index (Phi) is 3.37. The van der Waals surface area contributed by atoms with Crippen molar-refractivity contribution >= 4 is 17.4 Å². The third kappa shape index (κ3) is 2.85. The van der Waals surface area contributed by atoms with Crippen LogP contribution in [0.15, 0.2) is 12.3 Å². The monoisotopic (exact) mass is 223 g/mol. The molecule has 1 rings (SSSR count).